The van der Waals surface area contributed by atoms with Crippen molar-refractivity contribution < 1.29 is 8.42 Å². The fourth-order valence-electron chi connectivity index (χ4n) is 3.07. The van der Waals surface area contributed by atoms with Crippen LogP contribution in [-0.4, -0.2) is 34.0 Å². The van der Waals surface area contributed by atoms with Crippen molar-refractivity contribution in [2.24, 2.45) is 7.05 Å². The number of halogens is 1. The molecule has 124 valence electrons. The molecule has 3 rings (SSSR count). The molecule has 2 aromatic heterocycles. The largest absolute Gasteiger partial charge is 0.269 e. The van der Waals surface area contributed by atoms with Crippen LogP contribution < -0.4 is 0 Å². The summed E-state index contributed by atoms with van der Waals surface area (Å²) in [7, 11) is -1.83. The first-order valence-electron chi connectivity index (χ1n) is 7.61. The Morgan fingerprint density at radius 3 is 2.74 bits per heavy atom. The van der Waals surface area contributed by atoms with E-state index in [9.17, 15) is 8.42 Å². The first-order chi connectivity index (χ1) is 11.0. The van der Waals surface area contributed by atoms with Gasteiger partial charge in [-0.1, -0.05) is 24.4 Å². The first kappa shape index (κ1) is 16.4. The third kappa shape index (κ3) is 3.13. The van der Waals surface area contributed by atoms with Crippen LogP contribution in [0.5, 0.6) is 0 Å². The van der Waals surface area contributed by atoms with Crippen LogP contribution in [0.1, 0.15) is 37.4 Å². The smallest absolute Gasteiger partial charge is 0.245 e. The van der Waals surface area contributed by atoms with E-state index >= 15 is 0 Å². The van der Waals surface area contributed by atoms with Crippen LogP contribution in [0.25, 0.3) is 0 Å². The summed E-state index contributed by atoms with van der Waals surface area (Å²) >= 11 is 6.28. The molecule has 0 amide bonds. The summed E-state index contributed by atoms with van der Waals surface area (Å²) in [6.07, 6.45) is 8.07. The molecule has 0 aliphatic carbocycles. The molecule has 1 saturated heterocycles. The second-order valence-corrected chi connectivity index (χ2v) is 7.97. The van der Waals surface area contributed by atoms with Crippen molar-refractivity contribution in [2.45, 2.75) is 36.6 Å². The van der Waals surface area contributed by atoms with Crippen LogP contribution in [0.3, 0.4) is 0 Å². The Morgan fingerprint density at radius 1 is 1.26 bits per heavy atom. The van der Waals surface area contributed by atoms with Gasteiger partial charge >= 0.3 is 0 Å². The molecule has 6 nitrogen and oxygen atoms in total. The lowest BCUT2D eigenvalue weighted by molar-refractivity contribution is 0.315. The number of sulfonamides is 1. The molecule has 8 heteroatoms. The molecule has 1 fully saturated rings. The van der Waals surface area contributed by atoms with Gasteiger partial charge in [-0.25, -0.2) is 8.42 Å². The highest BCUT2D eigenvalue weighted by molar-refractivity contribution is 7.89. The number of hydrogen-bond donors (Lipinski definition) is 0. The highest BCUT2D eigenvalue weighted by Crippen LogP contribution is 2.37. The predicted octanol–water partition coefficient (Wildman–Crippen LogP) is 2.77. The molecule has 0 radical (unpaired) electrons. The zero-order valence-electron chi connectivity index (χ0n) is 12.9. The van der Waals surface area contributed by atoms with Crippen LogP contribution in [0, 0.1) is 0 Å². The fraction of sp³-hybridized carbons (Fsp3) is 0.467. The molecule has 1 aliphatic heterocycles. The summed E-state index contributed by atoms with van der Waals surface area (Å²) in [5.41, 5.74) is 0.751. The average molecular weight is 355 g/mol. The van der Waals surface area contributed by atoms with E-state index in [-0.39, 0.29) is 10.9 Å². The number of nitrogens with zero attached hydrogens (tertiary/aromatic N) is 4. The molecular weight excluding hydrogens is 336 g/mol. The molecule has 0 spiro atoms. The van der Waals surface area contributed by atoms with Crippen molar-refractivity contribution in [3.8, 4) is 0 Å². The average Bonchev–Trinajstić information content (AvgIpc) is 2.76. The van der Waals surface area contributed by atoms with Gasteiger partial charge in [0.05, 0.1) is 23.0 Å². The minimum absolute atomic E-state index is 0.213. The van der Waals surface area contributed by atoms with E-state index in [1.54, 1.807) is 40.6 Å². The molecular formula is C15H19ClN4O2S. The fourth-order valence-corrected chi connectivity index (χ4v) is 4.99. The van der Waals surface area contributed by atoms with E-state index in [0.717, 1.165) is 31.4 Å². The van der Waals surface area contributed by atoms with Crippen molar-refractivity contribution in [2.75, 3.05) is 6.54 Å². The predicted molar refractivity (Wildman–Crippen MR) is 87.6 cm³/mol. The SMILES string of the molecule is Cn1ncc(Cl)c1C1CCCCCN1S(=O)(=O)c1cccnc1. The van der Waals surface area contributed by atoms with Crippen LogP contribution in [0.2, 0.25) is 5.02 Å². The minimum atomic E-state index is -3.62. The second-order valence-electron chi connectivity index (χ2n) is 5.67. The molecule has 0 saturated carbocycles. The van der Waals surface area contributed by atoms with E-state index < -0.39 is 10.0 Å². The summed E-state index contributed by atoms with van der Waals surface area (Å²) in [6.45, 7) is 0.476. The maximum atomic E-state index is 13.1. The molecule has 0 bridgehead atoms. The lowest BCUT2D eigenvalue weighted by Crippen LogP contribution is -2.36. The van der Waals surface area contributed by atoms with E-state index in [1.807, 2.05) is 0 Å². The molecule has 1 aliphatic rings. The van der Waals surface area contributed by atoms with E-state index in [4.69, 9.17) is 11.6 Å². The van der Waals surface area contributed by atoms with Crippen molar-refractivity contribution in [1.82, 2.24) is 19.1 Å². The summed E-state index contributed by atoms with van der Waals surface area (Å²) < 4.78 is 29.4. The number of aryl methyl sites for hydroxylation is 1. The van der Waals surface area contributed by atoms with Gasteiger partial charge in [0.25, 0.3) is 0 Å². The van der Waals surface area contributed by atoms with E-state index in [0.29, 0.717) is 11.6 Å². The summed E-state index contributed by atoms with van der Waals surface area (Å²) in [6, 6.07) is 2.91. The maximum absolute atomic E-state index is 13.1. The van der Waals surface area contributed by atoms with Crippen molar-refractivity contribution >= 4 is 21.6 Å². The van der Waals surface area contributed by atoms with Gasteiger partial charge in [0.2, 0.25) is 10.0 Å². The Labute approximate surface area is 141 Å². The zero-order chi connectivity index (χ0) is 16.4. The molecule has 0 aromatic carbocycles. The van der Waals surface area contributed by atoms with Gasteiger partial charge in [0.15, 0.2) is 0 Å². The quantitative estimate of drug-likeness (QED) is 0.849. The van der Waals surface area contributed by atoms with Crippen molar-refractivity contribution in [3.63, 3.8) is 0 Å². The van der Waals surface area contributed by atoms with Gasteiger partial charge < -0.3 is 0 Å². The summed E-state index contributed by atoms with van der Waals surface area (Å²) in [5.74, 6) is 0. The van der Waals surface area contributed by atoms with Crippen LogP contribution in [0.4, 0.5) is 0 Å². The minimum Gasteiger partial charge on any atom is -0.269 e. The number of aromatic nitrogens is 3. The van der Waals surface area contributed by atoms with Crippen LogP contribution >= 0.6 is 11.6 Å². The summed E-state index contributed by atoms with van der Waals surface area (Å²) in [5, 5.41) is 4.67. The highest BCUT2D eigenvalue weighted by atomic mass is 35.5. The van der Waals surface area contributed by atoms with Crippen molar-refractivity contribution in [3.05, 3.63) is 41.4 Å². The van der Waals surface area contributed by atoms with Crippen LogP contribution in [0.15, 0.2) is 35.6 Å². The van der Waals surface area contributed by atoms with Crippen LogP contribution in [-0.2, 0) is 17.1 Å². The molecule has 2 aromatic rings. The van der Waals surface area contributed by atoms with Gasteiger partial charge in [0, 0.05) is 26.0 Å². The first-order valence-corrected chi connectivity index (χ1v) is 9.43. The van der Waals surface area contributed by atoms with Gasteiger partial charge in [-0.15, -0.1) is 0 Å². The zero-order valence-corrected chi connectivity index (χ0v) is 14.5. The lowest BCUT2D eigenvalue weighted by Gasteiger charge is -2.29. The van der Waals surface area contributed by atoms with Gasteiger partial charge in [-0.3, -0.25) is 9.67 Å². The van der Waals surface area contributed by atoms with E-state index in [2.05, 4.69) is 10.1 Å². The third-order valence-corrected chi connectivity index (χ3v) is 6.38. The Hall–Kier alpha value is -1.44. The Balaban J connectivity index is 2.07. The Bertz CT molecular complexity index is 757. The topological polar surface area (TPSA) is 68.1 Å². The molecule has 23 heavy (non-hydrogen) atoms. The molecule has 3 heterocycles. The van der Waals surface area contributed by atoms with E-state index in [1.165, 1.54) is 6.20 Å². The number of pyridine rings is 1. The molecule has 1 unspecified atom stereocenters. The maximum Gasteiger partial charge on any atom is 0.245 e. The van der Waals surface area contributed by atoms with Gasteiger partial charge in [0.1, 0.15) is 4.90 Å². The van der Waals surface area contributed by atoms with Gasteiger partial charge in [-0.2, -0.15) is 9.40 Å². The van der Waals surface area contributed by atoms with Crippen molar-refractivity contribution in [1.29, 1.82) is 0 Å². The van der Waals surface area contributed by atoms with Gasteiger partial charge in [-0.05, 0) is 25.0 Å². The standard InChI is InChI=1S/C15H19ClN4O2S/c1-19-15(13(16)11-18-19)14-7-3-2-4-9-20(14)23(21,22)12-6-5-8-17-10-12/h5-6,8,10-11,14H,2-4,7,9H2,1H3. The summed E-state index contributed by atoms with van der Waals surface area (Å²) in [4.78, 5) is 4.16. The lowest BCUT2D eigenvalue weighted by atomic mass is 10.1. The Morgan fingerprint density at radius 2 is 2.09 bits per heavy atom. The Kier molecular flexibility index (Phi) is 4.70. The molecule has 0 N–H and O–H groups in total. The number of hydrogen-bond acceptors (Lipinski definition) is 4. The second kappa shape index (κ2) is 6.59. The highest BCUT2D eigenvalue weighted by Gasteiger charge is 2.36. The normalized spacial score (nSPS) is 20.3. The monoisotopic (exact) mass is 354 g/mol. The molecule has 1 atom stereocenters. The third-order valence-electron chi connectivity index (χ3n) is 4.20. The number of rotatable bonds is 3.